The molecule has 0 bridgehead atoms. The van der Waals surface area contributed by atoms with Crippen molar-refractivity contribution in [3.05, 3.63) is 68.7 Å². The first-order chi connectivity index (χ1) is 8.56. The Morgan fingerprint density at radius 3 is 2.67 bits per heavy atom. The summed E-state index contributed by atoms with van der Waals surface area (Å²) in [4.78, 5) is 0. The highest BCUT2D eigenvalue weighted by Crippen LogP contribution is 2.26. The lowest BCUT2D eigenvalue weighted by atomic mass is 9.99. The second kappa shape index (κ2) is 5.87. The minimum Gasteiger partial charge on any atom is -0.324 e. The van der Waals surface area contributed by atoms with E-state index in [1.807, 2.05) is 18.2 Å². The van der Waals surface area contributed by atoms with Gasteiger partial charge in [-0.15, -0.1) is 0 Å². The van der Waals surface area contributed by atoms with Crippen LogP contribution in [0.3, 0.4) is 0 Å². The summed E-state index contributed by atoms with van der Waals surface area (Å²) in [7, 11) is 0. The lowest BCUT2D eigenvalue weighted by molar-refractivity contribution is 0.721. The first kappa shape index (κ1) is 13.6. The quantitative estimate of drug-likeness (QED) is 0.873. The molecule has 2 rings (SSSR count). The molecular weight excluding hydrogens is 310 g/mol. The summed E-state index contributed by atoms with van der Waals surface area (Å²) in [5.41, 5.74) is 9.84. The highest BCUT2D eigenvalue weighted by Gasteiger charge is 2.09. The third kappa shape index (κ3) is 3.35. The largest absolute Gasteiger partial charge is 0.324 e. The minimum absolute atomic E-state index is 0.0135. The van der Waals surface area contributed by atoms with Crippen molar-refractivity contribution in [3.8, 4) is 0 Å². The van der Waals surface area contributed by atoms with Crippen molar-refractivity contribution in [2.45, 2.75) is 19.4 Å². The van der Waals surface area contributed by atoms with Crippen molar-refractivity contribution in [3.63, 3.8) is 0 Å². The first-order valence-corrected chi connectivity index (χ1v) is 6.99. The Labute approximate surface area is 121 Å². The van der Waals surface area contributed by atoms with E-state index in [2.05, 4.69) is 47.1 Å². The van der Waals surface area contributed by atoms with Gasteiger partial charge in [0.05, 0.1) is 5.02 Å². The van der Waals surface area contributed by atoms with Crippen LogP contribution in [0.5, 0.6) is 0 Å². The van der Waals surface area contributed by atoms with E-state index < -0.39 is 0 Å². The van der Waals surface area contributed by atoms with E-state index in [1.54, 1.807) is 0 Å². The predicted molar refractivity (Wildman–Crippen MR) is 81.0 cm³/mol. The van der Waals surface area contributed by atoms with Crippen LogP contribution in [0.1, 0.15) is 22.7 Å². The monoisotopic (exact) mass is 323 g/mol. The maximum Gasteiger partial charge on any atom is 0.0548 e. The van der Waals surface area contributed by atoms with Crippen LogP contribution in [-0.2, 0) is 6.42 Å². The number of hydrogen-bond acceptors (Lipinski definition) is 1. The molecule has 1 unspecified atom stereocenters. The molecule has 1 nitrogen and oxygen atoms in total. The van der Waals surface area contributed by atoms with Crippen LogP contribution in [0.2, 0.25) is 5.02 Å². The van der Waals surface area contributed by atoms with Crippen LogP contribution in [-0.4, -0.2) is 0 Å². The third-order valence-corrected chi connectivity index (χ3v) is 4.12. The van der Waals surface area contributed by atoms with Gasteiger partial charge in [-0.25, -0.2) is 0 Å². The van der Waals surface area contributed by atoms with Gasteiger partial charge in [0.1, 0.15) is 0 Å². The molecule has 1 atom stereocenters. The maximum atomic E-state index is 6.23. The fraction of sp³-hybridized carbons (Fsp3) is 0.200. The molecule has 0 amide bonds. The highest BCUT2D eigenvalue weighted by atomic mass is 79.9. The fourth-order valence-corrected chi connectivity index (χ4v) is 2.47. The highest BCUT2D eigenvalue weighted by molar-refractivity contribution is 9.10. The smallest absolute Gasteiger partial charge is 0.0548 e. The summed E-state index contributed by atoms with van der Waals surface area (Å²) < 4.78 is 0.890. The summed E-state index contributed by atoms with van der Waals surface area (Å²) >= 11 is 9.40. The summed E-state index contributed by atoms with van der Waals surface area (Å²) in [5, 5.41) is 0.710. The molecule has 94 valence electrons. The Morgan fingerprint density at radius 1 is 1.22 bits per heavy atom. The number of benzene rings is 2. The van der Waals surface area contributed by atoms with Crippen LogP contribution in [0.4, 0.5) is 0 Å². The molecule has 0 spiro atoms. The second-order valence-electron chi connectivity index (χ2n) is 4.47. The first-order valence-electron chi connectivity index (χ1n) is 5.82. The van der Waals surface area contributed by atoms with Gasteiger partial charge < -0.3 is 5.73 Å². The molecule has 0 aliphatic rings. The van der Waals surface area contributed by atoms with Crippen LogP contribution in [0.15, 0.2) is 46.9 Å². The number of rotatable bonds is 3. The number of hydrogen-bond donors (Lipinski definition) is 1. The van der Waals surface area contributed by atoms with E-state index in [9.17, 15) is 0 Å². The number of halogens is 2. The van der Waals surface area contributed by atoms with Crippen molar-refractivity contribution < 1.29 is 0 Å². The molecule has 2 aromatic rings. The molecule has 0 saturated heterocycles. The van der Waals surface area contributed by atoms with E-state index in [0.29, 0.717) is 5.02 Å². The van der Waals surface area contributed by atoms with E-state index in [1.165, 1.54) is 11.1 Å². The normalized spacial score (nSPS) is 12.4. The number of aryl methyl sites for hydroxylation is 1. The molecule has 0 aliphatic heterocycles. The van der Waals surface area contributed by atoms with Gasteiger partial charge in [-0.2, -0.15) is 0 Å². The Morgan fingerprint density at radius 2 is 2.00 bits per heavy atom. The van der Waals surface area contributed by atoms with Gasteiger partial charge in [0, 0.05) is 10.5 Å². The SMILES string of the molecule is Cc1cccc(CC(N)c2ccc(Cl)c(Br)c2)c1. The summed E-state index contributed by atoms with van der Waals surface area (Å²) in [6, 6.07) is 14.3. The van der Waals surface area contributed by atoms with E-state index in [0.717, 1.165) is 16.5 Å². The van der Waals surface area contributed by atoms with Crippen molar-refractivity contribution >= 4 is 27.5 Å². The van der Waals surface area contributed by atoms with Crippen molar-refractivity contribution in [1.82, 2.24) is 0 Å². The Kier molecular flexibility index (Phi) is 4.44. The molecule has 0 aromatic heterocycles. The molecular formula is C15H15BrClN. The molecule has 18 heavy (non-hydrogen) atoms. The fourth-order valence-electron chi connectivity index (χ4n) is 1.95. The average Bonchev–Trinajstić information content (AvgIpc) is 2.32. The molecule has 2 N–H and O–H groups in total. The topological polar surface area (TPSA) is 26.0 Å². The van der Waals surface area contributed by atoms with Gasteiger partial charge in [-0.1, -0.05) is 47.5 Å². The zero-order valence-electron chi connectivity index (χ0n) is 10.2. The van der Waals surface area contributed by atoms with Gasteiger partial charge in [0.2, 0.25) is 0 Å². The standard InChI is InChI=1S/C15H15BrClN/c1-10-3-2-4-11(7-10)8-15(18)12-5-6-14(17)13(16)9-12/h2-7,9,15H,8,18H2,1H3. The van der Waals surface area contributed by atoms with Gasteiger partial charge in [-0.05, 0) is 52.5 Å². The van der Waals surface area contributed by atoms with Crippen molar-refractivity contribution in [1.29, 1.82) is 0 Å². The van der Waals surface area contributed by atoms with Gasteiger partial charge >= 0.3 is 0 Å². The Balaban J connectivity index is 2.16. The minimum atomic E-state index is -0.0135. The molecule has 0 saturated carbocycles. The average molecular weight is 325 g/mol. The predicted octanol–water partition coefficient (Wildman–Crippen LogP) is 4.65. The number of nitrogens with two attached hydrogens (primary N) is 1. The molecule has 2 aromatic carbocycles. The molecule has 0 aliphatic carbocycles. The van der Waals surface area contributed by atoms with Crippen LogP contribution in [0.25, 0.3) is 0 Å². The molecule has 3 heteroatoms. The van der Waals surface area contributed by atoms with Gasteiger partial charge in [0.25, 0.3) is 0 Å². The van der Waals surface area contributed by atoms with E-state index in [4.69, 9.17) is 17.3 Å². The lowest BCUT2D eigenvalue weighted by Gasteiger charge is -2.13. The summed E-state index contributed by atoms with van der Waals surface area (Å²) in [6.45, 7) is 2.09. The lowest BCUT2D eigenvalue weighted by Crippen LogP contribution is -2.13. The zero-order chi connectivity index (χ0) is 13.1. The van der Waals surface area contributed by atoms with Gasteiger partial charge in [-0.3, -0.25) is 0 Å². The van der Waals surface area contributed by atoms with Crippen LogP contribution >= 0.6 is 27.5 Å². The van der Waals surface area contributed by atoms with Gasteiger partial charge in [0.15, 0.2) is 0 Å². The molecule has 0 heterocycles. The van der Waals surface area contributed by atoms with E-state index in [-0.39, 0.29) is 6.04 Å². The van der Waals surface area contributed by atoms with Crippen molar-refractivity contribution in [2.24, 2.45) is 5.73 Å². The Bertz CT molecular complexity index is 554. The van der Waals surface area contributed by atoms with E-state index >= 15 is 0 Å². The van der Waals surface area contributed by atoms with Crippen LogP contribution in [0, 0.1) is 6.92 Å². The molecule has 0 fully saturated rings. The molecule has 0 radical (unpaired) electrons. The van der Waals surface area contributed by atoms with Crippen molar-refractivity contribution in [2.75, 3.05) is 0 Å². The summed E-state index contributed by atoms with van der Waals surface area (Å²) in [5.74, 6) is 0. The maximum absolute atomic E-state index is 6.23. The zero-order valence-corrected chi connectivity index (χ0v) is 12.5. The summed E-state index contributed by atoms with van der Waals surface area (Å²) in [6.07, 6.45) is 0.829. The Hall–Kier alpha value is -0.830. The third-order valence-electron chi connectivity index (χ3n) is 2.91. The van der Waals surface area contributed by atoms with Crippen LogP contribution < -0.4 is 5.73 Å². The second-order valence-corrected chi connectivity index (χ2v) is 5.73.